The van der Waals surface area contributed by atoms with Gasteiger partial charge >= 0.3 is 0 Å². The molecule has 0 amide bonds. The van der Waals surface area contributed by atoms with Crippen molar-refractivity contribution in [3.05, 3.63) is 83.4 Å². The number of hydrogen-bond donors (Lipinski definition) is 0. The van der Waals surface area contributed by atoms with E-state index in [4.69, 9.17) is 9.47 Å². The smallest absolute Gasteiger partial charge is 0.201 e. The van der Waals surface area contributed by atoms with Crippen LogP contribution >= 0.6 is 0 Å². The summed E-state index contributed by atoms with van der Waals surface area (Å²) < 4.78 is 70.1. The Morgan fingerprint density at radius 2 is 1.33 bits per heavy atom. The summed E-state index contributed by atoms with van der Waals surface area (Å²) in [4.78, 5) is 0. The second-order valence-corrected chi connectivity index (χ2v) is 11.2. The molecule has 0 aromatic heterocycles. The van der Waals surface area contributed by atoms with Gasteiger partial charge in [-0.15, -0.1) is 0 Å². The number of rotatable bonds is 14. The molecule has 3 aromatic carbocycles. The molecule has 0 N–H and O–H groups in total. The van der Waals surface area contributed by atoms with E-state index in [-0.39, 0.29) is 35.2 Å². The summed E-state index contributed by atoms with van der Waals surface area (Å²) in [5.74, 6) is -3.54. The summed E-state index contributed by atoms with van der Waals surface area (Å²) in [7, 11) is 0. The van der Waals surface area contributed by atoms with Crippen molar-refractivity contribution >= 4 is 6.08 Å². The van der Waals surface area contributed by atoms with Crippen molar-refractivity contribution in [2.24, 2.45) is 5.92 Å². The van der Waals surface area contributed by atoms with Gasteiger partial charge in [-0.25, -0.2) is 13.2 Å². The third-order valence-electron chi connectivity index (χ3n) is 8.08. The predicted octanol–water partition coefficient (Wildman–Crippen LogP) is 10.9. The van der Waals surface area contributed by atoms with Gasteiger partial charge in [0.25, 0.3) is 0 Å². The highest BCUT2D eigenvalue weighted by atomic mass is 19.2. The lowest BCUT2D eigenvalue weighted by Crippen LogP contribution is -2.24. The molecule has 1 aliphatic rings. The van der Waals surface area contributed by atoms with Gasteiger partial charge in [-0.3, -0.25) is 0 Å². The largest absolute Gasteiger partial charge is 0.491 e. The molecular formula is C36H42F4O2. The SMILES string of the molecule is CCCCCCCCCC1CCC(C=Cc2ccc(-c3ccc(-c4ccc(OCC)c(F)c4F)cc3)c(F)c2F)OC1. The highest BCUT2D eigenvalue weighted by Crippen LogP contribution is 2.33. The van der Waals surface area contributed by atoms with Gasteiger partial charge in [-0.2, -0.15) is 4.39 Å². The lowest BCUT2D eigenvalue weighted by atomic mass is 9.92. The lowest BCUT2D eigenvalue weighted by Gasteiger charge is -2.27. The van der Waals surface area contributed by atoms with E-state index in [1.165, 1.54) is 69.6 Å². The molecule has 2 atom stereocenters. The molecule has 0 saturated carbocycles. The van der Waals surface area contributed by atoms with Crippen molar-refractivity contribution in [3.63, 3.8) is 0 Å². The highest BCUT2D eigenvalue weighted by Gasteiger charge is 2.21. The maximum Gasteiger partial charge on any atom is 0.201 e. The topological polar surface area (TPSA) is 18.5 Å². The molecule has 1 fully saturated rings. The first kappa shape index (κ1) is 31.8. The Labute approximate surface area is 247 Å². The van der Waals surface area contributed by atoms with Crippen LogP contribution in [0.15, 0.2) is 54.6 Å². The van der Waals surface area contributed by atoms with Crippen molar-refractivity contribution in [2.45, 2.75) is 84.2 Å². The molecule has 2 nitrogen and oxygen atoms in total. The molecule has 0 aliphatic carbocycles. The molecule has 2 unspecified atom stereocenters. The molecule has 1 aliphatic heterocycles. The van der Waals surface area contributed by atoms with Crippen LogP contribution < -0.4 is 4.74 Å². The van der Waals surface area contributed by atoms with Crippen LogP contribution in [-0.4, -0.2) is 19.3 Å². The second kappa shape index (κ2) is 15.9. The molecular weight excluding hydrogens is 540 g/mol. The minimum absolute atomic E-state index is 0.0590. The molecule has 1 saturated heterocycles. The first-order chi connectivity index (χ1) is 20.4. The van der Waals surface area contributed by atoms with Crippen LogP contribution in [0.25, 0.3) is 28.3 Å². The summed E-state index contributed by atoms with van der Waals surface area (Å²) in [5, 5.41) is 0. The van der Waals surface area contributed by atoms with Crippen LogP contribution in [0, 0.1) is 29.2 Å². The molecule has 226 valence electrons. The van der Waals surface area contributed by atoms with Gasteiger partial charge in [0.15, 0.2) is 23.2 Å². The van der Waals surface area contributed by atoms with E-state index >= 15 is 8.78 Å². The van der Waals surface area contributed by atoms with Crippen LogP contribution in [0.5, 0.6) is 5.75 Å². The Morgan fingerprint density at radius 3 is 1.95 bits per heavy atom. The van der Waals surface area contributed by atoms with Crippen LogP contribution in [0.4, 0.5) is 17.6 Å². The molecule has 1 heterocycles. The molecule has 42 heavy (non-hydrogen) atoms. The van der Waals surface area contributed by atoms with Crippen molar-refractivity contribution in [1.82, 2.24) is 0 Å². The average molecular weight is 583 g/mol. The van der Waals surface area contributed by atoms with Crippen LogP contribution in [0.3, 0.4) is 0 Å². The average Bonchev–Trinajstić information content (AvgIpc) is 3.01. The normalized spacial score (nSPS) is 17.2. The number of hydrogen-bond acceptors (Lipinski definition) is 2. The minimum Gasteiger partial charge on any atom is -0.491 e. The van der Waals surface area contributed by atoms with Crippen molar-refractivity contribution in [1.29, 1.82) is 0 Å². The Bertz CT molecular complexity index is 1310. The van der Waals surface area contributed by atoms with Crippen LogP contribution in [0.1, 0.15) is 83.6 Å². The first-order valence-corrected chi connectivity index (χ1v) is 15.4. The number of halogens is 4. The summed E-state index contributed by atoms with van der Waals surface area (Å²) in [6.07, 6.45) is 15.6. The van der Waals surface area contributed by atoms with E-state index in [0.29, 0.717) is 23.7 Å². The van der Waals surface area contributed by atoms with Crippen molar-refractivity contribution < 1.29 is 27.0 Å². The lowest BCUT2D eigenvalue weighted by molar-refractivity contribution is 0.00824. The summed E-state index contributed by atoms with van der Waals surface area (Å²) in [5.41, 5.74) is 1.16. The highest BCUT2D eigenvalue weighted by molar-refractivity contribution is 5.72. The van der Waals surface area contributed by atoms with E-state index in [1.807, 2.05) is 6.08 Å². The predicted molar refractivity (Wildman–Crippen MR) is 162 cm³/mol. The minimum atomic E-state index is -1.06. The zero-order chi connectivity index (χ0) is 29.9. The first-order valence-electron chi connectivity index (χ1n) is 15.4. The third-order valence-corrected chi connectivity index (χ3v) is 8.08. The van der Waals surface area contributed by atoms with Gasteiger partial charge in [0.05, 0.1) is 19.3 Å². The van der Waals surface area contributed by atoms with Crippen molar-refractivity contribution in [2.75, 3.05) is 13.2 Å². The Kier molecular flexibility index (Phi) is 12.1. The maximum atomic E-state index is 15.1. The molecule has 6 heteroatoms. The Morgan fingerprint density at radius 1 is 0.714 bits per heavy atom. The van der Waals surface area contributed by atoms with Gasteiger partial charge in [-0.1, -0.05) is 100 Å². The number of ether oxygens (including phenoxy) is 2. The number of benzene rings is 3. The van der Waals surface area contributed by atoms with Gasteiger partial charge in [0.2, 0.25) is 5.82 Å². The molecule has 0 spiro atoms. The summed E-state index contributed by atoms with van der Waals surface area (Å²) in [6.45, 7) is 4.85. The van der Waals surface area contributed by atoms with Crippen LogP contribution in [-0.2, 0) is 4.74 Å². The molecule has 3 aromatic rings. The van der Waals surface area contributed by atoms with E-state index in [0.717, 1.165) is 12.8 Å². The quantitative estimate of drug-likeness (QED) is 0.139. The molecule has 0 bridgehead atoms. The summed E-state index contributed by atoms with van der Waals surface area (Å²) >= 11 is 0. The standard InChI is InChI=1S/C36H42F4O2/c1-3-5-6-7-8-9-10-11-25-12-19-29(42-24-25)20-17-28-18-21-30(34(38)33(28)37)26-13-15-27(16-14-26)31-22-23-32(41-4-2)36(40)35(31)39/h13-18,20-23,25,29H,3-12,19,24H2,1-2H3. The zero-order valence-corrected chi connectivity index (χ0v) is 24.7. The van der Waals surface area contributed by atoms with Crippen LogP contribution in [0.2, 0.25) is 0 Å². The van der Waals surface area contributed by atoms with Gasteiger partial charge < -0.3 is 9.47 Å². The van der Waals surface area contributed by atoms with E-state index in [9.17, 15) is 8.78 Å². The van der Waals surface area contributed by atoms with Gasteiger partial charge in [-0.05, 0) is 55.4 Å². The fraction of sp³-hybridized carbons (Fsp3) is 0.444. The van der Waals surface area contributed by atoms with Crippen molar-refractivity contribution in [3.8, 4) is 28.0 Å². The van der Waals surface area contributed by atoms with Gasteiger partial charge in [0.1, 0.15) is 0 Å². The fourth-order valence-corrected chi connectivity index (χ4v) is 5.57. The summed E-state index contributed by atoms with van der Waals surface area (Å²) in [6, 6.07) is 12.1. The monoisotopic (exact) mass is 582 g/mol. The maximum absolute atomic E-state index is 15.1. The van der Waals surface area contributed by atoms with E-state index in [1.54, 1.807) is 43.3 Å². The van der Waals surface area contributed by atoms with Gasteiger partial charge in [0, 0.05) is 16.7 Å². The Balaban J connectivity index is 1.32. The Hall–Kier alpha value is -3.12. The zero-order valence-electron chi connectivity index (χ0n) is 24.7. The van der Waals surface area contributed by atoms with E-state index in [2.05, 4.69) is 6.92 Å². The van der Waals surface area contributed by atoms with E-state index < -0.39 is 23.3 Å². The third kappa shape index (κ3) is 8.25. The molecule has 0 radical (unpaired) electrons. The molecule has 4 rings (SSSR count). The fourth-order valence-electron chi connectivity index (χ4n) is 5.57. The second-order valence-electron chi connectivity index (χ2n) is 11.2. The number of unbranched alkanes of at least 4 members (excludes halogenated alkanes) is 6.